The smallest absolute Gasteiger partial charge is 0.188 e. The topological polar surface area (TPSA) is 17.1 Å². The average Bonchev–Trinajstić information content (AvgIpc) is 2.26. The maximum atomic E-state index is 11.8. The van der Waals surface area contributed by atoms with Crippen LogP contribution in [-0.4, -0.2) is 5.78 Å². The third-order valence-corrected chi connectivity index (χ3v) is 2.37. The van der Waals surface area contributed by atoms with E-state index in [1.807, 2.05) is 12.2 Å². The molecule has 1 rings (SSSR count). The molecule has 0 N–H and O–H groups in total. The molecular weight excluding hydrogens is 184 g/mol. The summed E-state index contributed by atoms with van der Waals surface area (Å²) in [7, 11) is 0. The van der Waals surface area contributed by atoms with Crippen LogP contribution >= 0.6 is 0 Å². The summed E-state index contributed by atoms with van der Waals surface area (Å²) in [5, 5.41) is 0. The molecule has 0 bridgehead atoms. The molecular formula is C14H16O. The molecule has 0 aromatic carbocycles. The van der Waals surface area contributed by atoms with Crippen molar-refractivity contribution in [1.29, 1.82) is 0 Å². The molecule has 0 saturated carbocycles. The van der Waals surface area contributed by atoms with Crippen LogP contribution in [0.25, 0.3) is 0 Å². The Bertz CT molecular complexity index is 378. The van der Waals surface area contributed by atoms with E-state index >= 15 is 0 Å². The summed E-state index contributed by atoms with van der Waals surface area (Å²) in [6.45, 7) is 9.37. The molecule has 0 radical (unpaired) electrons. The van der Waals surface area contributed by atoms with Crippen molar-refractivity contribution in [2.24, 2.45) is 0 Å². The maximum absolute atomic E-state index is 11.8. The third-order valence-electron chi connectivity index (χ3n) is 2.37. The first-order valence-electron chi connectivity index (χ1n) is 5.04. The zero-order valence-electron chi connectivity index (χ0n) is 9.12. The van der Waals surface area contributed by atoms with Gasteiger partial charge in [-0.3, -0.25) is 4.79 Å². The van der Waals surface area contributed by atoms with E-state index in [1.54, 1.807) is 18.2 Å². The molecule has 1 heteroatoms. The molecule has 0 unspecified atom stereocenters. The molecule has 0 aliphatic heterocycles. The van der Waals surface area contributed by atoms with Crippen molar-refractivity contribution in [1.82, 2.24) is 0 Å². The number of carbonyl (C=O) groups excluding carboxylic acids is 1. The first-order valence-corrected chi connectivity index (χ1v) is 5.04. The Labute approximate surface area is 91.2 Å². The number of Topliss-reactive ketones (excluding diaryl/α,β-unsaturated/α-hetero) is 1. The van der Waals surface area contributed by atoms with Crippen LogP contribution in [-0.2, 0) is 4.79 Å². The van der Waals surface area contributed by atoms with Gasteiger partial charge in [-0.15, -0.1) is 0 Å². The van der Waals surface area contributed by atoms with Crippen LogP contribution in [0.2, 0.25) is 0 Å². The van der Waals surface area contributed by atoms with E-state index in [9.17, 15) is 4.79 Å². The molecule has 0 heterocycles. The van der Waals surface area contributed by atoms with Crippen LogP contribution in [0.15, 0.2) is 60.3 Å². The Morgan fingerprint density at radius 3 is 2.67 bits per heavy atom. The van der Waals surface area contributed by atoms with Crippen molar-refractivity contribution in [3.63, 3.8) is 0 Å². The lowest BCUT2D eigenvalue weighted by atomic mass is 9.93. The highest BCUT2D eigenvalue weighted by Crippen LogP contribution is 2.20. The predicted molar refractivity (Wildman–Crippen MR) is 64.6 cm³/mol. The molecule has 0 amide bonds. The quantitative estimate of drug-likeness (QED) is 0.501. The van der Waals surface area contributed by atoms with Gasteiger partial charge in [-0.2, -0.15) is 0 Å². The van der Waals surface area contributed by atoms with Gasteiger partial charge in [-0.1, -0.05) is 49.1 Å². The molecule has 0 spiro atoms. The summed E-state index contributed by atoms with van der Waals surface area (Å²) in [6.07, 6.45) is 10.7. The van der Waals surface area contributed by atoms with Crippen LogP contribution in [0.3, 0.4) is 0 Å². The van der Waals surface area contributed by atoms with Crippen molar-refractivity contribution < 1.29 is 4.79 Å². The Hall–Kier alpha value is -1.63. The lowest BCUT2D eigenvalue weighted by molar-refractivity contribution is -0.112. The van der Waals surface area contributed by atoms with Crippen molar-refractivity contribution in [3.8, 4) is 0 Å². The molecule has 15 heavy (non-hydrogen) atoms. The van der Waals surface area contributed by atoms with E-state index in [0.29, 0.717) is 5.57 Å². The molecule has 0 saturated heterocycles. The molecule has 0 atom stereocenters. The van der Waals surface area contributed by atoms with Crippen molar-refractivity contribution >= 4 is 5.78 Å². The lowest BCUT2D eigenvalue weighted by Crippen LogP contribution is -2.06. The SMILES string of the molecule is C=C/C=C\C(=C)C(=O)C1=CC=C(C)CC1. The highest BCUT2D eigenvalue weighted by atomic mass is 16.1. The summed E-state index contributed by atoms with van der Waals surface area (Å²) in [5.41, 5.74) is 2.69. The van der Waals surface area contributed by atoms with Gasteiger partial charge in [0.2, 0.25) is 0 Å². The number of hydrogen-bond donors (Lipinski definition) is 0. The van der Waals surface area contributed by atoms with Gasteiger partial charge < -0.3 is 0 Å². The summed E-state index contributed by atoms with van der Waals surface area (Å²) in [6, 6.07) is 0. The molecule has 1 nitrogen and oxygen atoms in total. The third kappa shape index (κ3) is 3.21. The van der Waals surface area contributed by atoms with E-state index in [1.165, 1.54) is 5.57 Å². The monoisotopic (exact) mass is 200 g/mol. The van der Waals surface area contributed by atoms with Crippen LogP contribution in [0.1, 0.15) is 19.8 Å². The highest BCUT2D eigenvalue weighted by Gasteiger charge is 2.12. The highest BCUT2D eigenvalue weighted by molar-refractivity contribution is 6.09. The predicted octanol–water partition coefficient (Wildman–Crippen LogP) is 3.52. The van der Waals surface area contributed by atoms with Gasteiger partial charge in [0, 0.05) is 11.1 Å². The lowest BCUT2D eigenvalue weighted by Gasteiger charge is -2.10. The van der Waals surface area contributed by atoms with Crippen LogP contribution in [0, 0.1) is 0 Å². The molecule has 1 aliphatic rings. The average molecular weight is 200 g/mol. The number of hydrogen-bond acceptors (Lipinski definition) is 1. The van der Waals surface area contributed by atoms with Crippen molar-refractivity contribution in [2.45, 2.75) is 19.8 Å². The van der Waals surface area contributed by atoms with Crippen LogP contribution < -0.4 is 0 Å². The second-order valence-corrected chi connectivity index (χ2v) is 3.65. The zero-order chi connectivity index (χ0) is 11.3. The van der Waals surface area contributed by atoms with Gasteiger partial charge in [0.15, 0.2) is 5.78 Å². The Kier molecular flexibility index (Phi) is 4.04. The molecule has 78 valence electrons. The van der Waals surface area contributed by atoms with Crippen molar-refractivity contribution in [3.05, 3.63) is 60.3 Å². The van der Waals surface area contributed by atoms with Crippen LogP contribution in [0.4, 0.5) is 0 Å². The molecule has 0 aromatic heterocycles. The second kappa shape index (κ2) is 5.30. The Morgan fingerprint density at radius 2 is 2.13 bits per heavy atom. The normalized spacial score (nSPS) is 15.8. The fraction of sp³-hybridized carbons (Fsp3) is 0.214. The van der Waals surface area contributed by atoms with Gasteiger partial charge in [0.25, 0.3) is 0 Å². The van der Waals surface area contributed by atoms with E-state index in [-0.39, 0.29) is 5.78 Å². The summed E-state index contributed by atoms with van der Waals surface area (Å²) in [5.74, 6) is 0.0388. The first-order chi connectivity index (χ1) is 7.15. The van der Waals surface area contributed by atoms with E-state index in [0.717, 1.165) is 18.4 Å². The zero-order valence-corrected chi connectivity index (χ0v) is 9.12. The first kappa shape index (κ1) is 11.4. The summed E-state index contributed by atoms with van der Waals surface area (Å²) in [4.78, 5) is 11.8. The van der Waals surface area contributed by atoms with Gasteiger partial charge in [0.05, 0.1) is 0 Å². The fourth-order valence-corrected chi connectivity index (χ4v) is 1.40. The molecule has 1 aliphatic carbocycles. The minimum atomic E-state index is 0.0388. The van der Waals surface area contributed by atoms with Gasteiger partial charge in [-0.05, 0) is 19.8 Å². The number of allylic oxidation sites excluding steroid dienone is 8. The van der Waals surface area contributed by atoms with Crippen LogP contribution in [0.5, 0.6) is 0 Å². The minimum absolute atomic E-state index is 0.0388. The largest absolute Gasteiger partial charge is 0.289 e. The summed E-state index contributed by atoms with van der Waals surface area (Å²) >= 11 is 0. The van der Waals surface area contributed by atoms with Gasteiger partial charge >= 0.3 is 0 Å². The Morgan fingerprint density at radius 1 is 1.40 bits per heavy atom. The number of rotatable bonds is 4. The number of ketones is 1. The van der Waals surface area contributed by atoms with Crippen molar-refractivity contribution in [2.75, 3.05) is 0 Å². The van der Waals surface area contributed by atoms with E-state index in [2.05, 4.69) is 20.1 Å². The second-order valence-electron chi connectivity index (χ2n) is 3.65. The molecule has 0 fully saturated rings. The van der Waals surface area contributed by atoms with E-state index < -0.39 is 0 Å². The molecule has 0 aromatic rings. The minimum Gasteiger partial charge on any atom is -0.289 e. The summed E-state index contributed by atoms with van der Waals surface area (Å²) < 4.78 is 0. The maximum Gasteiger partial charge on any atom is 0.188 e. The standard InChI is InChI=1S/C14H16O/c1-4-5-6-12(3)14(15)13-9-7-11(2)8-10-13/h4-7,9H,1,3,8,10H2,2H3/b6-5-. The van der Waals surface area contributed by atoms with E-state index in [4.69, 9.17) is 0 Å². The number of carbonyl (C=O) groups is 1. The van der Waals surface area contributed by atoms with Gasteiger partial charge in [-0.25, -0.2) is 0 Å². The van der Waals surface area contributed by atoms with Gasteiger partial charge in [0.1, 0.15) is 0 Å². The fourth-order valence-electron chi connectivity index (χ4n) is 1.40. The Balaban J connectivity index is 2.73.